The first kappa shape index (κ1) is 16.9. The molecule has 20 heavy (non-hydrogen) atoms. The van der Waals surface area contributed by atoms with Crippen LogP contribution in [0.15, 0.2) is 0 Å². The van der Waals surface area contributed by atoms with E-state index in [9.17, 15) is 14.7 Å². The highest BCUT2D eigenvalue weighted by Gasteiger charge is 2.33. The van der Waals surface area contributed by atoms with Crippen LogP contribution in [0, 0.1) is 5.92 Å². The standard InChI is InChI=1S/C14H25NO5/c1-14(2,3)20-13(18)15-6-5-12(17)10(8-15)7-11(16)9-19-4/h10-11,16H,5-9H2,1-4H3. The van der Waals surface area contributed by atoms with Gasteiger partial charge in [0.05, 0.1) is 12.7 Å². The molecule has 1 amide bonds. The maximum Gasteiger partial charge on any atom is 0.410 e. The second-order valence-electron chi connectivity index (χ2n) is 6.18. The van der Waals surface area contributed by atoms with Crippen LogP contribution in [0.1, 0.15) is 33.6 Å². The number of carbonyl (C=O) groups excluding carboxylic acids is 2. The lowest BCUT2D eigenvalue weighted by molar-refractivity contribution is -0.127. The number of ether oxygens (including phenoxy) is 2. The Hall–Kier alpha value is -1.14. The Morgan fingerprint density at radius 1 is 1.50 bits per heavy atom. The summed E-state index contributed by atoms with van der Waals surface area (Å²) in [5.74, 6) is -0.263. The molecular formula is C14H25NO5. The van der Waals surface area contributed by atoms with Crippen LogP contribution in [0.4, 0.5) is 4.79 Å². The smallest absolute Gasteiger partial charge is 0.410 e. The number of methoxy groups -OCH3 is 1. The molecule has 2 atom stereocenters. The minimum atomic E-state index is -0.687. The van der Waals surface area contributed by atoms with Gasteiger partial charge in [-0.05, 0) is 27.2 Å². The first-order valence-corrected chi connectivity index (χ1v) is 6.90. The van der Waals surface area contributed by atoms with Crippen LogP contribution in [0.2, 0.25) is 0 Å². The van der Waals surface area contributed by atoms with Crippen molar-refractivity contribution >= 4 is 11.9 Å². The third-order valence-corrected chi connectivity index (χ3v) is 3.09. The normalized spacial score (nSPS) is 21.8. The van der Waals surface area contributed by atoms with E-state index in [0.717, 1.165) is 0 Å². The fourth-order valence-corrected chi connectivity index (χ4v) is 2.20. The van der Waals surface area contributed by atoms with Gasteiger partial charge in [-0.3, -0.25) is 4.79 Å². The van der Waals surface area contributed by atoms with E-state index in [2.05, 4.69) is 0 Å². The van der Waals surface area contributed by atoms with Crippen LogP contribution in [-0.4, -0.2) is 60.4 Å². The summed E-state index contributed by atoms with van der Waals surface area (Å²) in [4.78, 5) is 25.4. The summed E-state index contributed by atoms with van der Waals surface area (Å²) in [7, 11) is 1.50. The Balaban J connectivity index is 2.57. The zero-order valence-corrected chi connectivity index (χ0v) is 12.7. The van der Waals surface area contributed by atoms with Crippen LogP contribution in [-0.2, 0) is 14.3 Å². The van der Waals surface area contributed by atoms with E-state index >= 15 is 0 Å². The second-order valence-corrected chi connectivity index (χ2v) is 6.18. The molecule has 0 aliphatic carbocycles. The van der Waals surface area contributed by atoms with Gasteiger partial charge in [0, 0.05) is 32.5 Å². The zero-order valence-electron chi connectivity index (χ0n) is 12.7. The van der Waals surface area contributed by atoms with E-state index in [0.29, 0.717) is 25.9 Å². The molecule has 1 rings (SSSR count). The number of carbonyl (C=O) groups is 2. The molecule has 0 bridgehead atoms. The first-order valence-electron chi connectivity index (χ1n) is 6.90. The Morgan fingerprint density at radius 2 is 2.15 bits per heavy atom. The fraction of sp³-hybridized carbons (Fsp3) is 0.857. The number of ketones is 1. The molecule has 0 aromatic rings. The van der Waals surface area contributed by atoms with Crippen molar-refractivity contribution in [3.05, 3.63) is 0 Å². The number of Topliss-reactive ketones (excluding diaryl/α,β-unsaturated/α-hetero) is 1. The van der Waals surface area contributed by atoms with Crippen molar-refractivity contribution in [1.29, 1.82) is 0 Å². The number of hydrogen-bond donors (Lipinski definition) is 1. The van der Waals surface area contributed by atoms with Gasteiger partial charge in [-0.2, -0.15) is 0 Å². The molecule has 6 nitrogen and oxygen atoms in total. The van der Waals surface area contributed by atoms with E-state index in [-0.39, 0.29) is 18.3 Å². The van der Waals surface area contributed by atoms with Crippen molar-refractivity contribution in [3.63, 3.8) is 0 Å². The number of nitrogens with zero attached hydrogens (tertiary/aromatic N) is 1. The number of aliphatic hydroxyl groups is 1. The molecule has 0 saturated carbocycles. The number of likely N-dealkylation sites (tertiary alicyclic amines) is 1. The summed E-state index contributed by atoms with van der Waals surface area (Å²) < 4.78 is 10.2. The van der Waals surface area contributed by atoms with Gasteiger partial charge in [-0.25, -0.2) is 4.79 Å². The third kappa shape index (κ3) is 5.46. The summed E-state index contributed by atoms with van der Waals surface area (Å²) in [5, 5.41) is 9.72. The largest absolute Gasteiger partial charge is 0.444 e. The van der Waals surface area contributed by atoms with Crippen LogP contribution < -0.4 is 0 Å². The van der Waals surface area contributed by atoms with Gasteiger partial charge in [-0.1, -0.05) is 0 Å². The summed E-state index contributed by atoms with van der Waals surface area (Å²) >= 11 is 0. The van der Waals surface area contributed by atoms with Crippen molar-refractivity contribution in [2.75, 3.05) is 26.8 Å². The Kier molecular flexibility index (Phi) is 5.95. The van der Waals surface area contributed by atoms with Gasteiger partial charge in [-0.15, -0.1) is 0 Å². The quantitative estimate of drug-likeness (QED) is 0.841. The molecule has 116 valence electrons. The van der Waals surface area contributed by atoms with Crippen molar-refractivity contribution in [2.24, 2.45) is 5.92 Å². The molecule has 1 fully saturated rings. The third-order valence-electron chi connectivity index (χ3n) is 3.09. The van der Waals surface area contributed by atoms with E-state index in [1.54, 1.807) is 20.8 Å². The van der Waals surface area contributed by atoms with Gasteiger partial charge >= 0.3 is 6.09 Å². The first-order chi connectivity index (χ1) is 9.23. The average molecular weight is 287 g/mol. The van der Waals surface area contributed by atoms with E-state index < -0.39 is 17.8 Å². The maximum absolute atomic E-state index is 12.0. The number of amides is 1. The number of rotatable bonds is 4. The van der Waals surface area contributed by atoms with Crippen molar-refractivity contribution in [2.45, 2.75) is 45.3 Å². The van der Waals surface area contributed by atoms with E-state index in [1.807, 2.05) is 0 Å². The van der Waals surface area contributed by atoms with Gasteiger partial charge in [0.1, 0.15) is 11.4 Å². The number of aliphatic hydroxyl groups excluding tert-OH is 1. The van der Waals surface area contributed by atoms with Gasteiger partial charge < -0.3 is 19.5 Å². The highest BCUT2D eigenvalue weighted by Crippen LogP contribution is 2.20. The van der Waals surface area contributed by atoms with Gasteiger partial charge in [0.15, 0.2) is 0 Å². The van der Waals surface area contributed by atoms with Crippen molar-refractivity contribution in [1.82, 2.24) is 4.90 Å². The second kappa shape index (κ2) is 7.04. The van der Waals surface area contributed by atoms with Gasteiger partial charge in [0.2, 0.25) is 0 Å². The topological polar surface area (TPSA) is 76.1 Å². The van der Waals surface area contributed by atoms with Crippen LogP contribution in [0.3, 0.4) is 0 Å². The zero-order chi connectivity index (χ0) is 15.3. The molecule has 0 radical (unpaired) electrons. The molecule has 0 aromatic carbocycles. The molecular weight excluding hydrogens is 262 g/mol. The monoisotopic (exact) mass is 287 g/mol. The lowest BCUT2D eigenvalue weighted by Crippen LogP contribution is -2.47. The minimum Gasteiger partial charge on any atom is -0.444 e. The minimum absolute atomic E-state index is 0.0833. The molecule has 0 aromatic heterocycles. The van der Waals surface area contributed by atoms with Crippen LogP contribution >= 0.6 is 0 Å². The predicted octanol–water partition coefficient (Wildman–Crippen LogP) is 1.21. The van der Waals surface area contributed by atoms with Crippen LogP contribution in [0.25, 0.3) is 0 Å². The molecule has 6 heteroatoms. The number of hydrogen-bond acceptors (Lipinski definition) is 5. The van der Waals surface area contributed by atoms with E-state index in [1.165, 1.54) is 12.0 Å². The van der Waals surface area contributed by atoms with Crippen molar-refractivity contribution in [3.8, 4) is 0 Å². The molecule has 1 N–H and O–H groups in total. The van der Waals surface area contributed by atoms with E-state index in [4.69, 9.17) is 9.47 Å². The molecule has 1 aliphatic rings. The van der Waals surface area contributed by atoms with Crippen LogP contribution in [0.5, 0.6) is 0 Å². The Bertz CT molecular complexity index is 350. The summed E-state index contributed by atoms with van der Waals surface area (Å²) in [5.41, 5.74) is -0.552. The molecule has 0 spiro atoms. The molecule has 1 heterocycles. The fourth-order valence-electron chi connectivity index (χ4n) is 2.20. The highest BCUT2D eigenvalue weighted by molar-refractivity contribution is 5.84. The maximum atomic E-state index is 12.0. The SMILES string of the molecule is COCC(O)CC1CN(C(=O)OC(C)(C)C)CCC1=O. The summed E-state index contributed by atoms with van der Waals surface area (Å²) in [6, 6.07) is 0. The summed E-state index contributed by atoms with van der Waals surface area (Å²) in [6.45, 7) is 6.29. The highest BCUT2D eigenvalue weighted by atomic mass is 16.6. The predicted molar refractivity (Wildman–Crippen MR) is 73.4 cm³/mol. The molecule has 2 unspecified atom stereocenters. The molecule has 1 saturated heterocycles. The number of piperidine rings is 1. The Labute approximate surface area is 120 Å². The van der Waals surface area contributed by atoms with Crippen molar-refractivity contribution < 1.29 is 24.2 Å². The lowest BCUT2D eigenvalue weighted by Gasteiger charge is -2.34. The summed E-state index contributed by atoms with van der Waals surface area (Å²) in [6.07, 6.45) is -0.473. The Morgan fingerprint density at radius 3 is 2.70 bits per heavy atom. The molecule has 1 aliphatic heterocycles. The van der Waals surface area contributed by atoms with Gasteiger partial charge in [0.25, 0.3) is 0 Å². The average Bonchev–Trinajstić information content (AvgIpc) is 2.30. The lowest BCUT2D eigenvalue weighted by atomic mass is 9.91.